The number of rotatable bonds is 3. The molecule has 0 spiro atoms. The van der Waals surface area contributed by atoms with Crippen LogP contribution in [0.3, 0.4) is 0 Å². The Kier molecular flexibility index (Phi) is 3.76. The predicted octanol–water partition coefficient (Wildman–Crippen LogP) is 1.60. The SMILES string of the molecule is Cc1cc(NC(=O)Cn2ncn3nccc3c2=O)ccc1Br. The van der Waals surface area contributed by atoms with E-state index in [0.29, 0.717) is 11.2 Å². The first-order valence-corrected chi connectivity index (χ1v) is 7.29. The molecule has 2 heterocycles. The van der Waals surface area contributed by atoms with Crippen LogP contribution in [0.1, 0.15) is 5.56 Å². The number of fused-ring (bicyclic) bond motifs is 1. The van der Waals surface area contributed by atoms with E-state index < -0.39 is 0 Å². The summed E-state index contributed by atoms with van der Waals surface area (Å²) in [5.74, 6) is -0.319. The highest BCUT2D eigenvalue weighted by molar-refractivity contribution is 9.10. The molecule has 1 aromatic carbocycles. The molecule has 0 unspecified atom stereocenters. The predicted molar refractivity (Wildman–Crippen MR) is 84.8 cm³/mol. The molecule has 0 radical (unpaired) electrons. The van der Waals surface area contributed by atoms with Crippen molar-refractivity contribution >= 4 is 33.0 Å². The molecule has 8 heteroatoms. The van der Waals surface area contributed by atoms with Gasteiger partial charge in [-0.25, -0.2) is 9.20 Å². The largest absolute Gasteiger partial charge is 0.324 e. The van der Waals surface area contributed by atoms with Gasteiger partial charge in [0.2, 0.25) is 5.91 Å². The number of nitrogens with one attached hydrogen (secondary N) is 1. The van der Waals surface area contributed by atoms with Gasteiger partial charge in [0, 0.05) is 10.2 Å². The second-order valence-electron chi connectivity index (χ2n) is 4.77. The van der Waals surface area contributed by atoms with E-state index in [1.54, 1.807) is 12.1 Å². The van der Waals surface area contributed by atoms with E-state index in [1.807, 2.05) is 19.1 Å². The Morgan fingerprint density at radius 2 is 2.14 bits per heavy atom. The third-order valence-electron chi connectivity index (χ3n) is 3.16. The van der Waals surface area contributed by atoms with Gasteiger partial charge in [0.25, 0.3) is 5.56 Å². The van der Waals surface area contributed by atoms with Gasteiger partial charge in [-0.2, -0.15) is 10.2 Å². The third-order valence-corrected chi connectivity index (χ3v) is 4.05. The van der Waals surface area contributed by atoms with E-state index >= 15 is 0 Å². The molecule has 1 amide bonds. The van der Waals surface area contributed by atoms with Gasteiger partial charge in [-0.1, -0.05) is 15.9 Å². The first-order valence-electron chi connectivity index (χ1n) is 6.50. The lowest BCUT2D eigenvalue weighted by molar-refractivity contribution is -0.117. The highest BCUT2D eigenvalue weighted by Gasteiger charge is 2.09. The molecule has 112 valence electrons. The van der Waals surface area contributed by atoms with Crippen molar-refractivity contribution in [1.82, 2.24) is 19.4 Å². The van der Waals surface area contributed by atoms with Crippen LogP contribution in [0.4, 0.5) is 5.69 Å². The van der Waals surface area contributed by atoms with Crippen molar-refractivity contribution in [2.24, 2.45) is 0 Å². The highest BCUT2D eigenvalue weighted by Crippen LogP contribution is 2.19. The maximum absolute atomic E-state index is 12.1. The van der Waals surface area contributed by atoms with Crippen molar-refractivity contribution in [3.8, 4) is 0 Å². The van der Waals surface area contributed by atoms with Gasteiger partial charge >= 0.3 is 0 Å². The van der Waals surface area contributed by atoms with Gasteiger partial charge in [0.05, 0.1) is 6.20 Å². The van der Waals surface area contributed by atoms with Crippen LogP contribution < -0.4 is 10.9 Å². The number of anilines is 1. The maximum Gasteiger partial charge on any atom is 0.293 e. The van der Waals surface area contributed by atoms with Crippen molar-refractivity contribution in [2.45, 2.75) is 13.5 Å². The smallest absolute Gasteiger partial charge is 0.293 e. The van der Waals surface area contributed by atoms with Crippen LogP contribution in [0, 0.1) is 6.92 Å². The minimum atomic E-state index is -0.359. The number of benzene rings is 1. The first-order chi connectivity index (χ1) is 10.5. The standard InChI is InChI=1S/C14H12BrN5O2/c1-9-6-10(2-3-11(9)15)18-13(21)7-19-14(22)12-4-5-16-20(12)8-17-19/h2-6,8H,7H2,1H3,(H,18,21). The minimum absolute atomic E-state index is 0.157. The van der Waals surface area contributed by atoms with Crippen LogP contribution in [-0.2, 0) is 11.3 Å². The monoisotopic (exact) mass is 361 g/mol. The Morgan fingerprint density at radius 3 is 2.91 bits per heavy atom. The quantitative estimate of drug-likeness (QED) is 0.768. The summed E-state index contributed by atoms with van der Waals surface area (Å²) in [5, 5.41) is 10.6. The van der Waals surface area contributed by atoms with Crippen molar-refractivity contribution < 1.29 is 4.79 Å². The van der Waals surface area contributed by atoms with E-state index in [-0.39, 0.29) is 18.0 Å². The second kappa shape index (κ2) is 5.72. The molecule has 0 bridgehead atoms. The van der Waals surface area contributed by atoms with Crippen LogP contribution in [0.25, 0.3) is 5.52 Å². The number of aromatic nitrogens is 4. The molecule has 7 nitrogen and oxygen atoms in total. The lowest BCUT2D eigenvalue weighted by Gasteiger charge is -2.08. The Hall–Kier alpha value is -2.48. The van der Waals surface area contributed by atoms with Crippen molar-refractivity contribution in [3.05, 3.63) is 57.2 Å². The number of hydrogen-bond donors (Lipinski definition) is 1. The summed E-state index contributed by atoms with van der Waals surface area (Å²) in [6, 6.07) is 7.06. The fourth-order valence-corrected chi connectivity index (χ4v) is 2.29. The van der Waals surface area contributed by atoms with Gasteiger partial charge < -0.3 is 5.32 Å². The molecule has 0 aliphatic rings. The normalized spacial score (nSPS) is 10.8. The average molecular weight is 362 g/mol. The zero-order chi connectivity index (χ0) is 15.7. The van der Waals surface area contributed by atoms with E-state index in [2.05, 4.69) is 31.4 Å². The Morgan fingerprint density at radius 1 is 1.32 bits per heavy atom. The number of hydrogen-bond acceptors (Lipinski definition) is 4. The van der Waals surface area contributed by atoms with Crippen LogP contribution >= 0.6 is 15.9 Å². The van der Waals surface area contributed by atoms with Crippen molar-refractivity contribution in [2.75, 3.05) is 5.32 Å². The summed E-state index contributed by atoms with van der Waals surface area (Å²) in [4.78, 5) is 24.2. The van der Waals surface area contributed by atoms with E-state index in [1.165, 1.54) is 17.0 Å². The Labute approximate surface area is 133 Å². The van der Waals surface area contributed by atoms with Crippen molar-refractivity contribution in [3.63, 3.8) is 0 Å². The Bertz CT molecular complexity index is 915. The zero-order valence-corrected chi connectivity index (χ0v) is 13.2. The van der Waals surface area contributed by atoms with E-state index in [0.717, 1.165) is 14.7 Å². The second-order valence-corrected chi connectivity index (χ2v) is 5.62. The summed E-state index contributed by atoms with van der Waals surface area (Å²) in [6.45, 7) is 1.77. The molecule has 0 fully saturated rings. The molecular formula is C14H12BrN5O2. The molecular weight excluding hydrogens is 350 g/mol. The Balaban J connectivity index is 1.79. The molecule has 0 aliphatic carbocycles. The zero-order valence-electron chi connectivity index (χ0n) is 11.7. The fraction of sp³-hybridized carbons (Fsp3) is 0.143. The summed E-state index contributed by atoms with van der Waals surface area (Å²) < 4.78 is 3.45. The number of aryl methyl sites for hydroxylation is 1. The topological polar surface area (TPSA) is 81.3 Å². The molecule has 0 saturated carbocycles. The van der Waals surface area contributed by atoms with Crippen LogP contribution in [-0.4, -0.2) is 25.3 Å². The molecule has 0 aliphatic heterocycles. The number of halogens is 1. The molecule has 3 rings (SSSR count). The molecule has 0 saturated heterocycles. The maximum atomic E-state index is 12.1. The third kappa shape index (κ3) is 2.77. The van der Waals surface area contributed by atoms with Gasteiger partial charge in [-0.05, 0) is 36.8 Å². The first kappa shape index (κ1) is 14.5. The molecule has 22 heavy (non-hydrogen) atoms. The van der Waals surface area contributed by atoms with Gasteiger partial charge in [0.1, 0.15) is 18.4 Å². The van der Waals surface area contributed by atoms with Crippen LogP contribution in [0.5, 0.6) is 0 Å². The molecule has 0 atom stereocenters. The van der Waals surface area contributed by atoms with Gasteiger partial charge in [0.15, 0.2) is 0 Å². The average Bonchev–Trinajstić information content (AvgIpc) is 2.95. The molecule has 2 aromatic heterocycles. The number of carbonyl (C=O) groups excluding carboxylic acids is 1. The fourth-order valence-electron chi connectivity index (χ4n) is 2.04. The number of amides is 1. The van der Waals surface area contributed by atoms with Crippen LogP contribution in [0.2, 0.25) is 0 Å². The summed E-state index contributed by atoms with van der Waals surface area (Å²) in [6.07, 6.45) is 2.90. The minimum Gasteiger partial charge on any atom is -0.324 e. The number of nitrogens with zero attached hydrogens (tertiary/aromatic N) is 4. The van der Waals surface area contributed by atoms with Crippen LogP contribution in [0.15, 0.2) is 46.1 Å². The lowest BCUT2D eigenvalue weighted by atomic mass is 10.2. The lowest BCUT2D eigenvalue weighted by Crippen LogP contribution is -2.30. The summed E-state index contributed by atoms with van der Waals surface area (Å²) >= 11 is 3.40. The molecule has 3 aromatic rings. The highest BCUT2D eigenvalue weighted by atomic mass is 79.9. The summed E-state index contributed by atoms with van der Waals surface area (Å²) in [5.41, 5.74) is 1.70. The van der Waals surface area contributed by atoms with Gasteiger partial charge in [-0.3, -0.25) is 9.59 Å². The van der Waals surface area contributed by atoms with E-state index in [9.17, 15) is 9.59 Å². The van der Waals surface area contributed by atoms with Crippen molar-refractivity contribution in [1.29, 1.82) is 0 Å². The summed E-state index contributed by atoms with van der Waals surface area (Å²) in [7, 11) is 0. The molecule has 1 N–H and O–H groups in total. The van der Waals surface area contributed by atoms with E-state index in [4.69, 9.17) is 0 Å². The van der Waals surface area contributed by atoms with Gasteiger partial charge in [-0.15, -0.1) is 0 Å². The number of carbonyl (C=O) groups is 1.